The second-order valence-corrected chi connectivity index (χ2v) is 4.50. The van der Waals surface area contributed by atoms with Crippen LogP contribution in [0, 0.1) is 6.92 Å². The van der Waals surface area contributed by atoms with Crippen molar-refractivity contribution in [2.75, 3.05) is 20.4 Å². The summed E-state index contributed by atoms with van der Waals surface area (Å²) in [6.07, 6.45) is 1.84. The fourth-order valence-corrected chi connectivity index (χ4v) is 2.61. The molecule has 0 atom stereocenters. The van der Waals surface area contributed by atoms with Gasteiger partial charge in [-0.25, -0.2) is 9.86 Å². The topological polar surface area (TPSA) is 71.8 Å². The van der Waals surface area contributed by atoms with Crippen LogP contribution in [0.5, 0.6) is 0 Å². The van der Waals surface area contributed by atoms with Crippen LogP contribution < -0.4 is 0 Å². The van der Waals surface area contributed by atoms with Gasteiger partial charge in [0.25, 0.3) is 5.91 Å². The quantitative estimate of drug-likeness (QED) is 0.662. The molecule has 1 N–H and O–H groups in total. The largest absolute Gasteiger partial charge is 0.478 e. The van der Waals surface area contributed by atoms with Crippen molar-refractivity contribution in [2.45, 2.75) is 11.9 Å². The molecule has 0 radical (unpaired) electrons. The minimum atomic E-state index is -1.11. The maximum atomic E-state index is 12.1. The van der Waals surface area contributed by atoms with E-state index in [1.54, 1.807) is 18.5 Å². The van der Waals surface area contributed by atoms with Crippen molar-refractivity contribution < 1.29 is 19.5 Å². The monoisotopic (exact) mass is 272 g/mol. The first-order valence-corrected chi connectivity index (χ1v) is 6.38. The zero-order valence-corrected chi connectivity index (χ0v) is 11.8. The van der Waals surface area contributed by atoms with Gasteiger partial charge in [-0.3, -0.25) is 9.63 Å². The molecule has 0 saturated carbocycles. The van der Waals surface area contributed by atoms with Gasteiger partial charge in [-0.2, -0.15) is 0 Å². The van der Waals surface area contributed by atoms with E-state index in [0.717, 1.165) is 10.1 Å². The van der Waals surface area contributed by atoms with Crippen molar-refractivity contribution in [1.29, 1.82) is 0 Å². The van der Waals surface area contributed by atoms with Crippen LogP contribution in [0.2, 0.25) is 0 Å². The minimum Gasteiger partial charge on any atom is -0.478 e. The smallest absolute Gasteiger partial charge is 0.338 e. The molecule has 0 aromatic carbocycles. The summed E-state index contributed by atoms with van der Waals surface area (Å²) in [5.41, 5.74) is 0.731. The molecule has 0 bridgehead atoms. The number of hydroxylamine groups is 2. The molecule has 7 heteroatoms. The maximum Gasteiger partial charge on any atom is 0.338 e. The van der Waals surface area contributed by atoms with Crippen molar-refractivity contribution >= 4 is 23.6 Å². The number of aromatic nitrogens is 1. The molecule has 18 heavy (non-hydrogen) atoms. The van der Waals surface area contributed by atoms with Crippen molar-refractivity contribution in [2.24, 2.45) is 7.05 Å². The van der Waals surface area contributed by atoms with Crippen molar-refractivity contribution in [3.63, 3.8) is 0 Å². The zero-order chi connectivity index (χ0) is 14.0. The molecule has 0 aliphatic heterocycles. The summed E-state index contributed by atoms with van der Waals surface area (Å²) in [6.45, 7) is 1.69. The predicted octanol–water partition coefficient (Wildman–Crippen LogP) is 1.39. The van der Waals surface area contributed by atoms with Crippen LogP contribution in [0.1, 0.15) is 26.4 Å². The van der Waals surface area contributed by atoms with Gasteiger partial charge in [-0.1, -0.05) is 0 Å². The fraction of sp³-hybridized carbons (Fsp3) is 0.455. The number of carbonyl (C=O) groups is 2. The fourth-order valence-electron chi connectivity index (χ4n) is 1.84. The number of amides is 1. The highest BCUT2D eigenvalue weighted by atomic mass is 32.2. The number of carboxylic acids is 1. The summed E-state index contributed by atoms with van der Waals surface area (Å²) in [6, 6.07) is 0. The van der Waals surface area contributed by atoms with E-state index in [-0.39, 0.29) is 11.3 Å². The third-order valence-electron chi connectivity index (χ3n) is 2.74. The third kappa shape index (κ3) is 2.23. The number of hydrogen-bond donors (Lipinski definition) is 1. The highest BCUT2D eigenvalue weighted by Gasteiger charge is 2.29. The number of nitrogens with zero attached hydrogens (tertiary/aromatic N) is 2. The minimum absolute atomic E-state index is 0.0238. The molecule has 0 aliphatic carbocycles. The lowest BCUT2D eigenvalue weighted by atomic mass is 10.1. The van der Waals surface area contributed by atoms with Crippen molar-refractivity contribution in [3.05, 3.63) is 16.8 Å². The van der Waals surface area contributed by atoms with E-state index in [1.165, 1.54) is 25.9 Å². The SMILES string of the molecule is CON(C)C(=O)c1c(C(=O)O)c(C)c(SC)n1C. The Kier molecular flexibility index (Phi) is 4.42. The Labute approximate surface area is 109 Å². The summed E-state index contributed by atoms with van der Waals surface area (Å²) in [7, 11) is 4.46. The van der Waals surface area contributed by atoms with Crippen LogP contribution >= 0.6 is 11.8 Å². The molecule has 0 spiro atoms. The second kappa shape index (κ2) is 5.45. The Balaban J connectivity index is 3.51. The molecule has 0 aliphatic rings. The first-order valence-electron chi connectivity index (χ1n) is 5.15. The number of carboxylic acid groups (broad SMARTS) is 1. The molecule has 6 nitrogen and oxygen atoms in total. The van der Waals surface area contributed by atoms with Gasteiger partial charge in [0.15, 0.2) is 0 Å². The molecular formula is C11H16N2O4S. The first-order chi connectivity index (χ1) is 8.36. The maximum absolute atomic E-state index is 12.1. The summed E-state index contributed by atoms with van der Waals surface area (Å²) in [5.74, 6) is -1.60. The van der Waals surface area contributed by atoms with Crippen molar-refractivity contribution in [1.82, 2.24) is 9.63 Å². The standard InChI is InChI=1S/C11H16N2O4S/c1-6-7(11(15)16)8(9(14)13(3)17-4)12(2)10(6)18-5/h1-5H3,(H,15,16). The molecule has 1 amide bonds. The van der Waals surface area contributed by atoms with Gasteiger partial charge >= 0.3 is 5.97 Å². The van der Waals surface area contributed by atoms with Crippen LogP contribution in [-0.4, -0.2) is 47.0 Å². The average Bonchev–Trinajstić information content (AvgIpc) is 2.58. The van der Waals surface area contributed by atoms with Crippen molar-refractivity contribution in [3.8, 4) is 0 Å². The highest BCUT2D eigenvalue weighted by molar-refractivity contribution is 7.98. The van der Waals surface area contributed by atoms with Gasteiger partial charge in [-0.15, -0.1) is 11.8 Å². The lowest BCUT2D eigenvalue weighted by Crippen LogP contribution is -2.28. The normalized spacial score (nSPS) is 10.5. The van der Waals surface area contributed by atoms with Crippen LogP contribution in [0.25, 0.3) is 0 Å². The number of aromatic carboxylic acids is 1. The Morgan fingerprint density at radius 2 is 2.00 bits per heavy atom. The van der Waals surface area contributed by atoms with E-state index in [2.05, 4.69) is 0 Å². The van der Waals surface area contributed by atoms with Gasteiger partial charge in [0.1, 0.15) is 5.69 Å². The van der Waals surface area contributed by atoms with Crippen LogP contribution in [0.15, 0.2) is 5.03 Å². The van der Waals surface area contributed by atoms with Gasteiger partial charge in [0.2, 0.25) is 0 Å². The molecule has 1 heterocycles. The highest BCUT2D eigenvalue weighted by Crippen LogP contribution is 2.29. The number of thioether (sulfide) groups is 1. The summed E-state index contributed by atoms with van der Waals surface area (Å²) >= 11 is 1.40. The molecule has 1 aromatic rings. The molecule has 100 valence electrons. The second-order valence-electron chi connectivity index (χ2n) is 3.71. The zero-order valence-electron chi connectivity index (χ0n) is 11.0. The third-order valence-corrected chi connectivity index (χ3v) is 3.71. The Bertz CT molecular complexity index is 496. The van der Waals surface area contributed by atoms with E-state index < -0.39 is 11.9 Å². The average molecular weight is 272 g/mol. The molecular weight excluding hydrogens is 256 g/mol. The summed E-state index contributed by atoms with van der Waals surface area (Å²) in [5, 5.41) is 11.0. The molecule has 1 rings (SSSR count). The van der Waals surface area contributed by atoms with E-state index in [0.29, 0.717) is 5.56 Å². The molecule has 0 saturated heterocycles. The van der Waals surface area contributed by atoms with Gasteiger partial charge < -0.3 is 9.67 Å². The molecule has 0 fully saturated rings. The van der Waals surface area contributed by atoms with Gasteiger partial charge in [0.05, 0.1) is 17.7 Å². The van der Waals surface area contributed by atoms with E-state index >= 15 is 0 Å². The summed E-state index contributed by atoms with van der Waals surface area (Å²) < 4.78 is 1.58. The predicted molar refractivity (Wildman–Crippen MR) is 68.0 cm³/mol. The number of carbonyl (C=O) groups excluding carboxylic acids is 1. The Morgan fingerprint density at radius 1 is 1.44 bits per heavy atom. The first kappa shape index (κ1) is 14.6. The van der Waals surface area contributed by atoms with Crippen LogP contribution in [-0.2, 0) is 11.9 Å². The van der Waals surface area contributed by atoms with E-state index in [4.69, 9.17) is 4.84 Å². The van der Waals surface area contributed by atoms with E-state index in [1.807, 2.05) is 6.26 Å². The van der Waals surface area contributed by atoms with E-state index in [9.17, 15) is 14.7 Å². The number of hydrogen-bond acceptors (Lipinski definition) is 4. The number of rotatable bonds is 4. The lowest BCUT2D eigenvalue weighted by Gasteiger charge is -2.15. The van der Waals surface area contributed by atoms with Gasteiger partial charge in [-0.05, 0) is 18.7 Å². The molecule has 1 aromatic heterocycles. The summed E-state index contributed by atoms with van der Waals surface area (Å²) in [4.78, 5) is 28.2. The molecule has 0 unspecified atom stereocenters. The Hall–Kier alpha value is -1.47. The van der Waals surface area contributed by atoms with Crippen LogP contribution in [0.4, 0.5) is 0 Å². The lowest BCUT2D eigenvalue weighted by molar-refractivity contribution is -0.0763. The Morgan fingerprint density at radius 3 is 2.39 bits per heavy atom. The van der Waals surface area contributed by atoms with Crippen LogP contribution in [0.3, 0.4) is 0 Å². The van der Waals surface area contributed by atoms with Gasteiger partial charge in [0, 0.05) is 14.1 Å².